The van der Waals surface area contributed by atoms with E-state index in [-0.39, 0.29) is 28.7 Å². The molecule has 0 aromatic heterocycles. The third-order valence-corrected chi connectivity index (χ3v) is 6.90. The molecule has 154 valence electrons. The van der Waals surface area contributed by atoms with Crippen LogP contribution < -0.4 is 10.6 Å². The van der Waals surface area contributed by atoms with E-state index in [1.54, 1.807) is 7.05 Å². The minimum Gasteiger partial charge on any atom is -0.381 e. The molecule has 2 saturated heterocycles. The fraction of sp³-hybridized carbons (Fsp3) is 0.944. The van der Waals surface area contributed by atoms with Crippen molar-refractivity contribution in [3.05, 3.63) is 0 Å². The maximum atomic E-state index is 12.1. The molecule has 2 aliphatic rings. The number of hydrogen-bond acceptors (Lipinski definition) is 4. The van der Waals surface area contributed by atoms with Crippen LogP contribution in [-0.4, -0.2) is 78.1 Å². The lowest BCUT2D eigenvalue weighted by atomic mass is 10.0. The van der Waals surface area contributed by atoms with Gasteiger partial charge in [0.25, 0.3) is 0 Å². The SMILES string of the molecule is CN=C(NCCS(=O)C(C)(C)C)NC1CCN(CC2CCOC2)CC1.I. The van der Waals surface area contributed by atoms with Gasteiger partial charge in [-0.3, -0.25) is 9.20 Å². The van der Waals surface area contributed by atoms with Crippen molar-refractivity contribution in [1.29, 1.82) is 0 Å². The quantitative estimate of drug-likeness (QED) is 0.331. The molecule has 0 aromatic carbocycles. The van der Waals surface area contributed by atoms with Gasteiger partial charge < -0.3 is 20.3 Å². The van der Waals surface area contributed by atoms with Gasteiger partial charge in [0, 0.05) is 67.2 Å². The van der Waals surface area contributed by atoms with Gasteiger partial charge in [-0.1, -0.05) is 0 Å². The van der Waals surface area contributed by atoms with Crippen molar-refractivity contribution in [2.24, 2.45) is 10.9 Å². The molecule has 0 bridgehead atoms. The topological polar surface area (TPSA) is 66.0 Å². The number of ether oxygens (including phenoxy) is 1. The van der Waals surface area contributed by atoms with Crippen LogP contribution >= 0.6 is 24.0 Å². The summed E-state index contributed by atoms with van der Waals surface area (Å²) in [6.07, 6.45) is 3.50. The van der Waals surface area contributed by atoms with Gasteiger partial charge in [-0.05, 0) is 46.0 Å². The number of aliphatic imine (C=N–C) groups is 1. The molecule has 0 saturated carbocycles. The predicted molar refractivity (Wildman–Crippen MR) is 121 cm³/mol. The minimum absolute atomic E-state index is 0. The summed E-state index contributed by atoms with van der Waals surface area (Å²) >= 11 is 0. The van der Waals surface area contributed by atoms with E-state index >= 15 is 0 Å². The highest BCUT2D eigenvalue weighted by molar-refractivity contribution is 14.0. The molecule has 6 nitrogen and oxygen atoms in total. The van der Waals surface area contributed by atoms with E-state index in [1.165, 1.54) is 13.0 Å². The Kier molecular flexibility index (Phi) is 11.0. The molecule has 2 heterocycles. The van der Waals surface area contributed by atoms with Crippen LogP contribution in [0.15, 0.2) is 4.99 Å². The molecular formula is C18H37IN4O2S. The van der Waals surface area contributed by atoms with E-state index in [0.717, 1.165) is 51.0 Å². The Morgan fingerprint density at radius 2 is 1.96 bits per heavy atom. The highest BCUT2D eigenvalue weighted by Gasteiger charge is 2.24. The third kappa shape index (κ3) is 8.39. The van der Waals surface area contributed by atoms with Crippen molar-refractivity contribution in [3.63, 3.8) is 0 Å². The summed E-state index contributed by atoms with van der Waals surface area (Å²) < 4.78 is 17.4. The number of nitrogens with one attached hydrogen (secondary N) is 2. The predicted octanol–water partition coefficient (Wildman–Crippen LogP) is 1.82. The van der Waals surface area contributed by atoms with Gasteiger partial charge >= 0.3 is 0 Å². The van der Waals surface area contributed by atoms with Crippen LogP contribution in [-0.2, 0) is 15.5 Å². The number of rotatable bonds is 6. The zero-order chi connectivity index (χ0) is 18.3. The van der Waals surface area contributed by atoms with Crippen molar-refractivity contribution in [1.82, 2.24) is 15.5 Å². The van der Waals surface area contributed by atoms with Crippen LogP contribution in [0.1, 0.15) is 40.0 Å². The highest BCUT2D eigenvalue weighted by Crippen LogP contribution is 2.17. The molecule has 0 aromatic rings. The fourth-order valence-electron chi connectivity index (χ4n) is 3.31. The molecule has 2 atom stereocenters. The number of piperidine rings is 1. The summed E-state index contributed by atoms with van der Waals surface area (Å²) in [4.78, 5) is 6.88. The molecule has 26 heavy (non-hydrogen) atoms. The first-order valence-corrected chi connectivity index (χ1v) is 10.9. The normalized spacial score (nSPS) is 24.2. The van der Waals surface area contributed by atoms with Crippen LogP contribution in [0.25, 0.3) is 0 Å². The number of nitrogens with zero attached hydrogens (tertiary/aromatic N) is 2. The largest absolute Gasteiger partial charge is 0.381 e. The molecular weight excluding hydrogens is 463 g/mol. The van der Waals surface area contributed by atoms with Crippen LogP contribution in [0, 0.1) is 5.92 Å². The van der Waals surface area contributed by atoms with Gasteiger partial charge in [0.15, 0.2) is 5.96 Å². The zero-order valence-electron chi connectivity index (χ0n) is 16.8. The summed E-state index contributed by atoms with van der Waals surface area (Å²) in [7, 11) is 0.965. The second kappa shape index (κ2) is 11.8. The first kappa shape index (κ1) is 24.1. The summed E-state index contributed by atoms with van der Waals surface area (Å²) in [6.45, 7) is 12.1. The van der Waals surface area contributed by atoms with E-state index in [2.05, 4.69) is 20.5 Å². The molecule has 2 N–H and O–H groups in total. The lowest BCUT2D eigenvalue weighted by Crippen LogP contribution is -2.50. The standard InChI is InChI=1S/C18H36N4O2S.HI/c1-18(2,3)25(23)12-8-20-17(19-4)21-16-5-9-22(10-6-16)13-15-7-11-24-14-15;/h15-16H,5-14H2,1-4H3,(H2,19,20,21);1H. The summed E-state index contributed by atoms with van der Waals surface area (Å²) in [5, 5.41) is 6.83. The van der Waals surface area contributed by atoms with E-state index in [1.807, 2.05) is 20.8 Å². The zero-order valence-corrected chi connectivity index (χ0v) is 19.9. The van der Waals surface area contributed by atoms with E-state index in [9.17, 15) is 4.21 Å². The summed E-state index contributed by atoms with van der Waals surface area (Å²) in [5.74, 6) is 2.20. The first-order chi connectivity index (χ1) is 11.9. The van der Waals surface area contributed by atoms with Crippen molar-refractivity contribution in [2.45, 2.75) is 50.8 Å². The fourth-order valence-corrected chi connectivity index (χ4v) is 4.21. The lowest BCUT2D eigenvalue weighted by molar-refractivity contribution is 0.150. The molecule has 8 heteroatoms. The average Bonchev–Trinajstić information content (AvgIpc) is 3.07. The molecule has 2 rings (SSSR count). The Labute approximate surface area is 178 Å². The van der Waals surface area contributed by atoms with Gasteiger partial charge in [0.1, 0.15) is 0 Å². The third-order valence-electron chi connectivity index (χ3n) is 4.96. The molecule has 2 unspecified atom stereocenters. The molecule has 0 amide bonds. The Hall–Kier alpha value is 0.0700. The van der Waals surface area contributed by atoms with E-state index < -0.39 is 10.8 Å². The van der Waals surface area contributed by atoms with Crippen LogP contribution in [0.2, 0.25) is 0 Å². The van der Waals surface area contributed by atoms with Crippen LogP contribution in [0.5, 0.6) is 0 Å². The van der Waals surface area contributed by atoms with Crippen LogP contribution in [0.4, 0.5) is 0 Å². The van der Waals surface area contributed by atoms with Gasteiger partial charge in [-0.2, -0.15) is 0 Å². The van der Waals surface area contributed by atoms with Gasteiger partial charge in [-0.15, -0.1) is 24.0 Å². The lowest BCUT2D eigenvalue weighted by Gasteiger charge is -2.34. The van der Waals surface area contributed by atoms with Gasteiger partial charge in [0.05, 0.1) is 6.61 Å². The Bertz CT molecular complexity index is 457. The van der Waals surface area contributed by atoms with Crippen molar-refractivity contribution >= 4 is 40.7 Å². The van der Waals surface area contributed by atoms with Gasteiger partial charge in [-0.25, -0.2) is 0 Å². The number of hydrogen-bond donors (Lipinski definition) is 2. The number of likely N-dealkylation sites (tertiary alicyclic amines) is 1. The van der Waals surface area contributed by atoms with E-state index in [4.69, 9.17) is 4.74 Å². The maximum absolute atomic E-state index is 12.1. The van der Waals surface area contributed by atoms with E-state index in [0.29, 0.717) is 18.3 Å². The average molecular weight is 500 g/mol. The molecule has 0 spiro atoms. The summed E-state index contributed by atoms with van der Waals surface area (Å²) in [5.41, 5.74) is 0. The molecule has 2 fully saturated rings. The van der Waals surface area contributed by atoms with Crippen molar-refractivity contribution in [3.8, 4) is 0 Å². The summed E-state index contributed by atoms with van der Waals surface area (Å²) in [6, 6.07) is 0.468. The Balaban J connectivity index is 0.00000338. The van der Waals surface area contributed by atoms with Crippen LogP contribution in [0.3, 0.4) is 0 Å². The minimum atomic E-state index is -0.832. The molecule has 0 radical (unpaired) electrons. The molecule has 2 aliphatic heterocycles. The Morgan fingerprint density at radius 1 is 1.27 bits per heavy atom. The van der Waals surface area contributed by atoms with Gasteiger partial charge in [0.2, 0.25) is 0 Å². The first-order valence-electron chi connectivity index (χ1n) is 9.54. The monoisotopic (exact) mass is 500 g/mol. The van der Waals surface area contributed by atoms with Crippen molar-refractivity contribution < 1.29 is 8.95 Å². The molecule has 0 aliphatic carbocycles. The number of halogens is 1. The Morgan fingerprint density at radius 3 is 2.50 bits per heavy atom. The van der Waals surface area contributed by atoms with Crippen molar-refractivity contribution in [2.75, 3.05) is 52.2 Å². The second-order valence-electron chi connectivity index (χ2n) is 8.11. The second-order valence-corrected chi connectivity index (χ2v) is 10.4. The smallest absolute Gasteiger partial charge is 0.191 e. The number of guanidine groups is 1. The highest BCUT2D eigenvalue weighted by atomic mass is 127. The maximum Gasteiger partial charge on any atom is 0.191 e.